The van der Waals surface area contributed by atoms with Gasteiger partial charge in [-0.15, -0.1) is 0 Å². The molecule has 0 bridgehead atoms. The van der Waals surface area contributed by atoms with Gasteiger partial charge in [0.05, 0.1) is 96.1 Å². The van der Waals surface area contributed by atoms with Crippen molar-refractivity contribution in [1.29, 1.82) is 0 Å². The fourth-order valence-electron chi connectivity index (χ4n) is 9.46. The molecule has 0 aliphatic carbocycles. The van der Waals surface area contributed by atoms with Gasteiger partial charge in [0, 0.05) is 188 Å². The molecule has 0 aromatic rings. The number of aliphatic hydroxyl groups is 9. The van der Waals surface area contributed by atoms with E-state index in [1.807, 2.05) is 27.7 Å². The zero-order valence-electron chi connectivity index (χ0n) is 59.1. The van der Waals surface area contributed by atoms with Gasteiger partial charge in [0.1, 0.15) is 51.0 Å². The van der Waals surface area contributed by atoms with Gasteiger partial charge in [-0.25, -0.2) is 0 Å². The van der Waals surface area contributed by atoms with Gasteiger partial charge in [-0.05, 0) is 112 Å². The third-order valence-corrected chi connectivity index (χ3v) is 20.7. The minimum atomic E-state index is -2.94. The Balaban J connectivity index is -0.000000489. The first-order chi connectivity index (χ1) is 43.2. The van der Waals surface area contributed by atoms with Gasteiger partial charge in [-0.2, -0.15) is 0 Å². The Kier molecular flexibility index (Phi) is 75.1. The number of hydrogen-bond acceptors (Lipinski definition) is 29. The van der Waals surface area contributed by atoms with Crippen molar-refractivity contribution in [3.63, 3.8) is 0 Å². The van der Waals surface area contributed by atoms with E-state index < -0.39 is 128 Å². The summed E-state index contributed by atoms with van der Waals surface area (Å²) in [5.41, 5.74) is 0. The van der Waals surface area contributed by atoms with Crippen LogP contribution in [-0.2, 0) is 218 Å². The molecule has 29 nitrogen and oxygen atoms in total. The number of rotatable bonds is 45. The van der Waals surface area contributed by atoms with Crippen LogP contribution in [0.2, 0.25) is 0 Å². The van der Waals surface area contributed by atoms with E-state index in [1.54, 1.807) is 13.8 Å². The van der Waals surface area contributed by atoms with Gasteiger partial charge in [0.25, 0.3) is 0 Å². The molecule has 0 amide bonds. The van der Waals surface area contributed by atoms with Crippen molar-refractivity contribution in [3.8, 4) is 0 Å². The van der Waals surface area contributed by atoms with E-state index in [0.29, 0.717) is 82.5 Å². The molecule has 0 aromatic heterocycles. The van der Waals surface area contributed by atoms with E-state index in [2.05, 4.69) is 64.3 Å². The van der Waals surface area contributed by atoms with Crippen LogP contribution in [0.15, 0.2) is 0 Å². The topological polar surface area (TPSA) is 392 Å². The maximum atomic E-state index is 12.2. The Morgan fingerprint density at radius 2 is 0.905 bits per heavy atom. The minimum absolute atomic E-state index is 0. The molecule has 560 valence electrons. The van der Waals surface area contributed by atoms with Gasteiger partial charge in [-0.3, -0.25) is 22.9 Å². The van der Waals surface area contributed by atoms with Gasteiger partial charge in [0.2, 0.25) is 0 Å². The second-order valence-corrected chi connectivity index (χ2v) is 28.8. The Labute approximate surface area is 671 Å². The molecule has 95 heavy (non-hydrogen) atoms. The molecule has 4 radical (unpaired) electrons. The van der Waals surface area contributed by atoms with Crippen LogP contribution in [0.25, 0.3) is 0 Å². The first-order valence-corrected chi connectivity index (χ1v) is 38.8. The molecule has 0 saturated carbocycles. The summed E-state index contributed by atoms with van der Waals surface area (Å²) < 4.78 is 132. The Morgan fingerprint density at radius 1 is 0.495 bits per heavy atom. The normalized spacial score (nSPS) is 26.9. The van der Waals surface area contributed by atoms with Crippen LogP contribution >= 0.6 is 41.3 Å². The Hall–Kier alpha value is 4.77. The molecule has 16 unspecified atom stereocenters. The first-order valence-electron chi connectivity index (χ1n) is 32.2. The van der Waals surface area contributed by atoms with Crippen LogP contribution in [0.4, 0.5) is 0 Å². The van der Waals surface area contributed by atoms with E-state index in [0.717, 1.165) is 25.7 Å². The summed E-state index contributed by atoms with van der Waals surface area (Å²) in [5, 5.41) is 82.6. The SMILES string of the molecule is CCC(CC)OP(C)N(C(C)C)C(C)C.CCOC1[C@@H](C)[C@H](C)O[C@@H]1CO[PH](=O)OC(CC)CC.CO[PH](=O)OC(CO[PH](=O)OCCCCCOC1OC(CO)C(O)C(O)C1C)CO[PH](=O)OCCCCCOC1OC(CO)C(O)C(O)C1C.OCC(O)CO.[Y].[Y].[Y].[Y]. The van der Waals surface area contributed by atoms with Crippen molar-refractivity contribution in [2.24, 2.45) is 17.8 Å². The average molecular weight is 1780 g/mol. The quantitative estimate of drug-likeness (QED) is 0.0224. The van der Waals surface area contributed by atoms with Gasteiger partial charge in [-0.1, -0.05) is 48.5 Å². The number of aliphatic hydroxyl groups excluding tert-OH is 9. The Morgan fingerprint density at radius 3 is 1.26 bits per heavy atom. The maximum Gasteiger partial charge on any atom is 0.319 e. The van der Waals surface area contributed by atoms with Crippen molar-refractivity contribution >= 4 is 41.3 Å². The number of unbranched alkanes of at least 4 members (excludes halogenated alkanes) is 4. The average Bonchev–Trinajstić information content (AvgIpc) is 1.82. The second kappa shape index (κ2) is 65.8. The molecule has 38 heteroatoms. The van der Waals surface area contributed by atoms with Crippen LogP contribution in [0.3, 0.4) is 0 Å². The molecule has 3 aliphatic heterocycles. The van der Waals surface area contributed by atoms with Crippen LogP contribution in [-0.4, -0.2) is 248 Å². The summed E-state index contributed by atoms with van der Waals surface area (Å²) >= 11 is 0. The van der Waals surface area contributed by atoms with Crippen molar-refractivity contribution < 1.29 is 264 Å². The summed E-state index contributed by atoms with van der Waals surface area (Å²) in [6, 6.07) is 1.13. The van der Waals surface area contributed by atoms with E-state index in [1.165, 1.54) is 7.11 Å². The molecule has 3 aliphatic rings. The molecule has 3 rings (SSSR count). The fourth-order valence-corrected chi connectivity index (χ4v) is 14.5. The summed E-state index contributed by atoms with van der Waals surface area (Å²) in [7, 11) is -10.5. The van der Waals surface area contributed by atoms with Gasteiger partial charge >= 0.3 is 33.0 Å². The van der Waals surface area contributed by atoms with E-state index in [-0.39, 0.29) is 202 Å². The molecular formula is C57H122NO28P5Y4. The summed E-state index contributed by atoms with van der Waals surface area (Å²) in [6.45, 7) is 28.5. The van der Waals surface area contributed by atoms with E-state index in [9.17, 15) is 48.9 Å². The largest absolute Gasteiger partial charge is 0.394 e. The summed E-state index contributed by atoms with van der Waals surface area (Å²) in [5.74, 6) is -0.659. The zero-order chi connectivity index (χ0) is 69.2. The van der Waals surface area contributed by atoms with Crippen LogP contribution in [0, 0.1) is 17.8 Å². The Bertz CT molecular complexity index is 1800. The molecule has 0 spiro atoms. The number of hydrogen-bond donors (Lipinski definition) is 9. The number of nitrogens with zero attached hydrogens (tertiary/aromatic N) is 1. The molecule has 3 fully saturated rings. The smallest absolute Gasteiger partial charge is 0.319 e. The third-order valence-electron chi connectivity index (χ3n) is 15.1. The van der Waals surface area contributed by atoms with Crippen LogP contribution < -0.4 is 0 Å². The van der Waals surface area contributed by atoms with Crippen molar-refractivity contribution in [2.45, 2.75) is 258 Å². The van der Waals surface area contributed by atoms with E-state index >= 15 is 0 Å². The van der Waals surface area contributed by atoms with Gasteiger partial charge < -0.3 is 115 Å². The molecule has 3 heterocycles. The predicted octanol–water partition coefficient (Wildman–Crippen LogP) is 6.78. The van der Waals surface area contributed by atoms with Crippen molar-refractivity contribution in [3.05, 3.63) is 0 Å². The molecule has 9 N–H and O–H groups in total. The summed E-state index contributed by atoms with van der Waals surface area (Å²) in [6.07, 6.45) is -2.05. The third kappa shape index (κ3) is 46.7. The maximum absolute atomic E-state index is 12.2. The molecule has 19 atom stereocenters. The minimum Gasteiger partial charge on any atom is -0.394 e. The van der Waals surface area contributed by atoms with Crippen molar-refractivity contribution in [2.75, 3.05) is 93.1 Å². The number of ether oxygens (including phenoxy) is 6. The first kappa shape index (κ1) is 108. The standard InChI is InChI=1S/C28H57O19P3.C14H29O5P.C12H28NOP.C3H8O3.4Y/c1-18-23(31)25(33)21(14-29)45-27(18)39-10-6-4-8-12-41-49(36)43-16-20(47-48(35)38-3)17-44-50(37)42-13-9-5-7-11-40-28-19(2)24(32)26(34)22(15-30)46-28;1-6-12(7-2)19-20(15)17-9-13-14(16-8-3)10(4)11(5)18-13;1-8-12(9-2)14-15(7)13(10(3)4)11(5)6;4-1-3(6)2-5;;;;/h18-34,48-50H,4-17H2,1-3H3;10-14,20H,6-9H2,1-5H3;10-12H,8-9H2,1-7H3;3-6H,1-2H2;;;;/t;10-,11-,13+,14?;;;;;;/m.0....../s1. The molecular weight excluding hydrogens is 1660 g/mol. The van der Waals surface area contributed by atoms with Gasteiger partial charge in [0.15, 0.2) is 12.6 Å². The summed E-state index contributed by atoms with van der Waals surface area (Å²) in [4.78, 5) is 0. The van der Waals surface area contributed by atoms with E-state index in [4.69, 9.17) is 79.9 Å². The molecule has 3 saturated heterocycles. The second-order valence-electron chi connectivity index (χ2n) is 22.9. The molecule has 0 aromatic carbocycles. The predicted molar refractivity (Wildman–Crippen MR) is 346 cm³/mol. The fraction of sp³-hybridized carbons (Fsp3) is 1.00. The zero-order valence-corrected chi connectivity index (χ0v) is 75.3. The monoisotopic (exact) mass is 1780 g/mol. The van der Waals surface area contributed by atoms with Crippen LogP contribution in [0.1, 0.15) is 154 Å². The van der Waals surface area contributed by atoms with Crippen molar-refractivity contribution in [1.82, 2.24) is 4.67 Å². The van der Waals surface area contributed by atoms with Crippen LogP contribution in [0.5, 0.6) is 0 Å².